The van der Waals surface area contributed by atoms with Gasteiger partial charge in [0.05, 0.1) is 11.4 Å². The number of nitrogens with two attached hydrogens (primary N) is 1. The van der Waals surface area contributed by atoms with Crippen molar-refractivity contribution in [2.75, 3.05) is 11.1 Å². The van der Waals surface area contributed by atoms with Crippen LogP contribution in [0.15, 0.2) is 12.1 Å². The van der Waals surface area contributed by atoms with E-state index in [2.05, 4.69) is 0 Å². The minimum absolute atomic E-state index is 0.553. The first-order valence-electron chi connectivity index (χ1n) is 3.85. The molecule has 0 heterocycles. The monoisotopic (exact) mass is 240 g/mol. The minimum atomic E-state index is -5.13. The summed E-state index contributed by atoms with van der Waals surface area (Å²) in [5.41, 5.74) is 3.45. The molecule has 0 aliphatic heterocycles. The fourth-order valence-corrected chi connectivity index (χ4v) is 0.869. The first kappa shape index (κ1) is 12.2. The Balaban J connectivity index is 3.00. The van der Waals surface area contributed by atoms with Crippen molar-refractivity contribution in [3.63, 3.8) is 0 Å². The number of nitrogens with one attached hydrogen (secondary N) is 1. The van der Waals surface area contributed by atoms with E-state index in [1.165, 1.54) is 5.32 Å². The van der Waals surface area contributed by atoms with Crippen molar-refractivity contribution in [3.05, 3.63) is 23.8 Å². The Bertz CT molecular complexity index is 429. The van der Waals surface area contributed by atoms with Crippen LogP contribution in [0.2, 0.25) is 0 Å². The van der Waals surface area contributed by atoms with Crippen LogP contribution in [-0.2, 0) is 4.79 Å². The molecule has 8 heteroatoms. The summed E-state index contributed by atoms with van der Waals surface area (Å²) in [4.78, 5) is 10.5. The Morgan fingerprint density at radius 1 is 1.25 bits per heavy atom. The van der Waals surface area contributed by atoms with Gasteiger partial charge in [0, 0.05) is 0 Å². The maximum absolute atomic E-state index is 12.8. The summed E-state index contributed by atoms with van der Waals surface area (Å²) < 4.78 is 60.8. The molecule has 3 N–H and O–H groups in total. The van der Waals surface area contributed by atoms with Crippen LogP contribution in [0.25, 0.3) is 0 Å². The molecule has 0 radical (unpaired) electrons. The Kier molecular flexibility index (Phi) is 3.02. The molecular weight excluding hydrogens is 235 g/mol. The van der Waals surface area contributed by atoms with E-state index in [0.29, 0.717) is 6.07 Å². The third-order valence-electron chi connectivity index (χ3n) is 1.64. The summed E-state index contributed by atoms with van der Waals surface area (Å²) in [6, 6.07) is 1.29. The van der Waals surface area contributed by atoms with Crippen molar-refractivity contribution in [1.29, 1.82) is 0 Å². The molecule has 0 aliphatic rings. The smallest absolute Gasteiger partial charge is 0.395 e. The Morgan fingerprint density at radius 2 is 1.81 bits per heavy atom. The molecule has 0 spiro atoms. The van der Waals surface area contributed by atoms with Gasteiger partial charge in [0.1, 0.15) is 0 Å². The van der Waals surface area contributed by atoms with E-state index in [1.807, 2.05) is 0 Å². The second kappa shape index (κ2) is 3.95. The first-order chi connectivity index (χ1) is 7.23. The van der Waals surface area contributed by atoms with Crippen LogP contribution in [-0.4, -0.2) is 12.1 Å². The van der Waals surface area contributed by atoms with Crippen LogP contribution in [0.5, 0.6) is 0 Å². The lowest BCUT2D eigenvalue weighted by molar-refractivity contribution is -0.167. The largest absolute Gasteiger partial charge is 0.471 e. The van der Waals surface area contributed by atoms with Crippen LogP contribution in [0, 0.1) is 11.6 Å². The Morgan fingerprint density at radius 3 is 2.31 bits per heavy atom. The molecule has 3 nitrogen and oxygen atoms in total. The number of hydrogen-bond acceptors (Lipinski definition) is 2. The molecule has 1 amide bonds. The molecule has 16 heavy (non-hydrogen) atoms. The van der Waals surface area contributed by atoms with Crippen LogP contribution in [0.3, 0.4) is 0 Å². The lowest BCUT2D eigenvalue weighted by Gasteiger charge is -2.10. The highest BCUT2D eigenvalue weighted by molar-refractivity contribution is 5.97. The average molecular weight is 240 g/mol. The van der Waals surface area contributed by atoms with E-state index < -0.39 is 35.1 Å². The molecule has 1 aromatic carbocycles. The Labute approximate surface area is 86.0 Å². The topological polar surface area (TPSA) is 55.1 Å². The molecule has 0 fully saturated rings. The van der Waals surface area contributed by atoms with E-state index in [0.717, 1.165) is 6.07 Å². The number of rotatable bonds is 1. The summed E-state index contributed by atoms with van der Waals surface area (Å²) in [7, 11) is 0. The van der Waals surface area contributed by atoms with Crippen LogP contribution in [0.1, 0.15) is 0 Å². The fraction of sp³-hybridized carbons (Fsp3) is 0.125. The number of carbonyl (C=O) groups excluding carboxylic acids is 1. The molecule has 0 bridgehead atoms. The maximum atomic E-state index is 12.8. The normalized spacial score (nSPS) is 11.3. The van der Waals surface area contributed by atoms with Crippen LogP contribution in [0.4, 0.5) is 33.3 Å². The zero-order valence-electron chi connectivity index (χ0n) is 7.53. The lowest BCUT2D eigenvalue weighted by Crippen LogP contribution is -2.30. The third-order valence-corrected chi connectivity index (χ3v) is 1.64. The van der Waals surface area contributed by atoms with Gasteiger partial charge in [-0.25, -0.2) is 8.78 Å². The number of amides is 1. The van der Waals surface area contributed by atoms with Gasteiger partial charge in [-0.15, -0.1) is 0 Å². The van der Waals surface area contributed by atoms with Gasteiger partial charge in [-0.1, -0.05) is 0 Å². The predicted octanol–water partition coefficient (Wildman–Crippen LogP) is 2.05. The second-order valence-electron chi connectivity index (χ2n) is 2.77. The summed E-state index contributed by atoms with van der Waals surface area (Å²) >= 11 is 0. The second-order valence-corrected chi connectivity index (χ2v) is 2.77. The average Bonchev–Trinajstić information content (AvgIpc) is 2.17. The van der Waals surface area contributed by atoms with Gasteiger partial charge in [0.2, 0.25) is 0 Å². The van der Waals surface area contributed by atoms with Crippen molar-refractivity contribution >= 4 is 17.3 Å². The summed E-state index contributed by atoms with van der Waals surface area (Å²) in [5, 5.41) is 1.32. The van der Waals surface area contributed by atoms with Gasteiger partial charge in [-0.3, -0.25) is 4.79 Å². The highest BCUT2D eigenvalue weighted by atomic mass is 19.4. The summed E-state index contributed by atoms with van der Waals surface area (Å²) in [5.74, 6) is -5.15. The van der Waals surface area contributed by atoms with E-state index in [1.54, 1.807) is 0 Å². The van der Waals surface area contributed by atoms with E-state index in [9.17, 15) is 26.7 Å². The van der Waals surface area contributed by atoms with Gasteiger partial charge in [-0.2, -0.15) is 13.2 Å². The predicted molar refractivity (Wildman–Crippen MR) is 45.5 cm³/mol. The van der Waals surface area contributed by atoms with Gasteiger partial charge in [0.25, 0.3) is 0 Å². The standard InChI is InChI=1S/C8H5F5N2O/c9-3-1-2-4(6(14)5(3)10)15-7(16)8(11,12)13/h1-2H,14H2,(H,15,16). The van der Waals surface area contributed by atoms with Crippen molar-refractivity contribution in [3.8, 4) is 0 Å². The van der Waals surface area contributed by atoms with Crippen molar-refractivity contribution < 1.29 is 26.7 Å². The van der Waals surface area contributed by atoms with E-state index >= 15 is 0 Å². The van der Waals surface area contributed by atoms with E-state index in [-0.39, 0.29) is 0 Å². The number of alkyl halides is 3. The molecule has 0 aliphatic carbocycles. The maximum Gasteiger partial charge on any atom is 0.471 e. The molecule has 0 saturated heterocycles. The molecule has 0 atom stereocenters. The fourth-order valence-electron chi connectivity index (χ4n) is 0.869. The molecule has 0 unspecified atom stereocenters. The van der Waals surface area contributed by atoms with Gasteiger partial charge < -0.3 is 11.1 Å². The van der Waals surface area contributed by atoms with Crippen molar-refractivity contribution in [2.24, 2.45) is 0 Å². The van der Waals surface area contributed by atoms with Gasteiger partial charge in [0.15, 0.2) is 11.6 Å². The van der Waals surface area contributed by atoms with Gasteiger partial charge in [-0.05, 0) is 12.1 Å². The molecule has 1 rings (SSSR count). The molecule has 1 aromatic rings. The number of nitrogen functional groups attached to an aromatic ring is 1. The highest BCUT2D eigenvalue weighted by Crippen LogP contribution is 2.26. The van der Waals surface area contributed by atoms with Crippen LogP contribution < -0.4 is 11.1 Å². The molecule has 88 valence electrons. The van der Waals surface area contributed by atoms with Crippen LogP contribution >= 0.6 is 0 Å². The number of carbonyl (C=O) groups is 1. The Hall–Kier alpha value is -1.86. The molecule has 0 saturated carbocycles. The SMILES string of the molecule is Nc1c(NC(=O)C(F)(F)F)ccc(F)c1F. The van der Waals surface area contributed by atoms with Crippen molar-refractivity contribution in [2.45, 2.75) is 6.18 Å². The number of halogens is 5. The van der Waals surface area contributed by atoms with Crippen molar-refractivity contribution in [1.82, 2.24) is 0 Å². The molecule has 0 aromatic heterocycles. The number of hydrogen-bond donors (Lipinski definition) is 2. The van der Waals surface area contributed by atoms with Gasteiger partial charge >= 0.3 is 12.1 Å². The quantitative estimate of drug-likeness (QED) is 0.583. The lowest BCUT2D eigenvalue weighted by atomic mass is 10.2. The van der Waals surface area contributed by atoms with E-state index in [4.69, 9.17) is 5.73 Å². The third kappa shape index (κ3) is 2.38. The zero-order valence-corrected chi connectivity index (χ0v) is 7.53. The number of benzene rings is 1. The summed E-state index contributed by atoms with van der Waals surface area (Å²) in [6.45, 7) is 0. The molecular formula is C8H5F5N2O. The first-order valence-corrected chi connectivity index (χ1v) is 3.85. The minimum Gasteiger partial charge on any atom is -0.395 e. The zero-order chi connectivity index (χ0) is 12.5. The number of anilines is 2. The summed E-state index contributed by atoms with van der Waals surface area (Å²) in [6.07, 6.45) is -5.13. The highest BCUT2D eigenvalue weighted by Gasteiger charge is 2.39.